The highest BCUT2D eigenvalue weighted by molar-refractivity contribution is 14.0. The molecule has 0 saturated carbocycles. The highest BCUT2D eigenvalue weighted by atomic mass is 127. The summed E-state index contributed by atoms with van der Waals surface area (Å²) in [5.74, 6) is 3.26. The molecule has 2 rings (SSSR count). The Morgan fingerprint density at radius 3 is 2.67 bits per heavy atom. The molecule has 1 atom stereocenters. The number of aryl methyl sites for hydroxylation is 2. The number of ether oxygens (including phenoxy) is 2. The Bertz CT molecular complexity index is 809. The van der Waals surface area contributed by atoms with Crippen molar-refractivity contribution >= 4 is 29.9 Å². The second-order valence-electron chi connectivity index (χ2n) is 6.98. The van der Waals surface area contributed by atoms with Crippen LogP contribution >= 0.6 is 24.0 Å². The van der Waals surface area contributed by atoms with Gasteiger partial charge in [-0.1, -0.05) is 17.7 Å². The quantitative estimate of drug-likeness (QED) is 0.212. The van der Waals surface area contributed by atoms with Gasteiger partial charge in [-0.3, -0.25) is 0 Å². The fraction of sp³-hybridized carbons (Fsp3) is 0.571. The third-order valence-corrected chi connectivity index (χ3v) is 4.73. The second kappa shape index (κ2) is 13.4. The molecule has 168 valence electrons. The van der Waals surface area contributed by atoms with E-state index in [1.54, 1.807) is 7.11 Å². The van der Waals surface area contributed by atoms with Crippen molar-refractivity contribution < 1.29 is 9.47 Å². The maximum Gasteiger partial charge on any atom is 0.192 e. The Morgan fingerprint density at radius 1 is 1.27 bits per heavy atom. The van der Waals surface area contributed by atoms with E-state index >= 15 is 0 Å². The third-order valence-electron chi connectivity index (χ3n) is 4.73. The SMILES string of the molecule is CCOCCCNC(=NCc1nnc(C)n1C)NC(C)c1cc(C)ccc1OC.I. The van der Waals surface area contributed by atoms with E-state index in [-0.39, 0.29) is 30.0 Å². The van der Waals surface area contributed by atoms with Gasteiger partial charge in [-0.25, -0.2) is 4.99 Å². The van der Waals surface area contributed by atoms with Crippen LogP contribution in [0.15, 0.2) is 23.2 Å². The minimum Gasteiger partial charge on any atom is -0.496 e. The Balaban J connectivity index is 0.00000450. The molecular formula is C21H35IN6O2. The molecule has 8 nitrogen and oxygen atoms in total. The van der Waals surface area contributed by atoms with Crippen LogP contribution < -0.4 is 15.4 Å². The van der Waals surface area contributed by atoms with E-state index in [9.17, 15) is 0 Å². The Morgan fingerprint density at radius 2 is 2.03 bits per heavy atom. The van der Waals surface area contributed by atoms with Crippen LogP contribution in [0.2, 0.25) is 0 Å². The van der Waals surface area contributed by atoms with Gasteiger partial charge < -0.3 is 24.7 Å². The number of rotatable bonds is 10. The van der Waals surface area contributed by atoms with Gasteiger partial charge in [0.2, 0.25) is 0 Å². The van der Waals surface area contributed by atoms with Gasteiger partial charge in [-0.15, -0.1) is 34.2 Å². The zero-order valence-electron chi connectivity index (χ0n) is 18.9. The molecule has 0 amide bonds. The molecule has 0 spiro atoms. The van der Waals surface area contributed by atoms with Gasteiger partial charge in [-0.2, -0.15) is 0 Å². The second-order valence-corrected chi connectivity index (χ2v) is 6.98. The van der Waals surface area contributed by atoms with Crippen LogP contribution in [0.25, 0.3) is 0 Å². The van der Waals surface area contributed by atoms with Crippen molar-refractivity contribution in [3.05, 3.63) is 41.0 Å². The highest BCUT2D eigenvalue weighted by Crippen LogP contribution is 2.26. The van der Waals surface area contributed by atoms with E-state index in [1.165, 1.54) is 5.56 Å². The molecule has 1 aromatic carbocycles. The van der Waals surface area contributed by atoms with Crippen LogP contribution in [0.5, 0.6) is 5.75 Å². The van der Waals surface area contributed by atoms with Crippen molar-refractivity contribution in [1.82, 2.24) is 25.4 Å². The number of methoxy groups -OCH3 is 1. The molecular weight excluding hydrogens is 495 g/mol. The number of hydrogen-bond acceptors (Lipinski definition) is 5. The monoisotopic (exact) mass is 530 g/mol. The fourth-order valence-corrected chi connectivity index (χ4v) is 2.89. The van der Waals surface area contributed by atoms with Crippen molar-refractivity contribution in [1.29, 1.82) is 0 Å². The number of guanidine groups is 1. The molecule has 30 heavy (non-hydrogen) atoms. The van der Waals surface area contributed by atoms with E-state index in [2.05, 4.69) is 40.7 Å². The van der Waals surface area contributed by atoms with Crippen LogP contribution in [0.4, 0.5) is 0 Å². The average Bonchev–Trinajstić information content (AvgIpc) is 3.03. The first-order valence-corrected chi connectivity index (χ1v) is 10.1. The maximum atomic E-state index is 5.54. The number of nitrogens with zero attached hydrogens (tertiary/aromatic N) is 4. The topological polar surface area (TPSA) is 85.6 Å². The molecule has 1 heterocycles. The van der Waals surface area contributed by atoms with Crippen LogP contribution in [0.3, 0.4) is 0 Å². The number of hydrogen-bond donors (Lipinski definition) is 2. The predicted molar refractivity (Wildman–Crippen MR) is 131 cm³/mol. The van der Waals surface area contributed by atoms with E-state index in [0.717, 1.165) is 55.1 Å². The van der Waals surface area contributed by atoms with Gasteiger partial charge in [0.1, 0.15) is 18.1 Å². The van der Waals surface area contributed by atoms with Crippen molar-refractivity contribution in [2.24, 2.45) is 12.0 Å². The van der Waals surface area contributed by atoms with E-state index in [0.29, 0.717) is 6.54 Å². The van der Waals surface area contributed by atoms with E-state index in [4.69, 9.17) is 14.5 Å². The summed E-state index contributed by atoms with van der Waals surface area (Å²) in [6.45, 7) is 10.8. The molecule has 2 aromatic rings. The molecule has 0 aliphatic carbocycles. The molecule has 0 fully saturated rings. The first kappa shape index (κ1) is 26.2. The first-order chi connectivity index (χ1) is 14.0. The van der Waals surface area contributed by atoms with Crippen molar-refractivity contribution in [2.75, 3.05) is 26.9 Å². The fourth-order valence-electron chi connectivity index (χ4n) is 2.89. The number of halogens is 1. The summed E-state index contributed by atoms with van der Waals surface area (Å²) in [4.78, 5) is 4.72. The summed E-state index contributed by atoms with van der Waals surface area (Å²) >= 11 is 0. The zero-order chi connectivity index (χ0) is 21.2. The zero-order valence-corrected chi connectivity index (χ0v) is 21.2. The molecule has 0 aliphatic heterocycles. The molecule has 0 saturated heterocycles. The van der Waals surface area contributed by atoms with Gasteiger partial charge in [0.25, 0.3) is 0 Å². The minimum absolute atomic E-state index is 0. The lowest BCUT2D eigenvalue weighted by atomic mass is 10.0. The smallest absolute Gasteiger partial charge is 0.192 e. The van der Waals surface area contributed by atoms with Crippen LogP contribution in [-0.2, 0) is 18.3 Å². The van der Waals surface area contributed by atoms with Gasteiger partial charge in [0.15, 0.2) is 11.8 Å². The number of benzene rings is 1. The number of aromatic nitrogens is 3. The summed E-state index contributed by atoms with van der Waals surface area (Å²) < 4.78 is 12.9. The lowest BCUT2D eigenvalue weighted by Gasteiger charge is -2.21. The lowest BCUT2D eigenvalue weighted by Crippen LogP contribution is -2.39. The molecule has 2 N–H and O–H groups in total. The van der Waals surface area contributed by atoms with E-state index < -0.39 is 0 Å². The predicted octanol–water partition coefficient (Wildman–Crippen LogP) is 3.28. The van der Waals surface area contributed by atoms with Gasteiger partial charge in [-0.05, 0) is 40.2 Å². The standard InChI is InChI=1S/C21H34N6O2.HI/c1-7-29-12-8-11-22-21(23-14-20-26-25-17(4)27(20)5)24-16(3)18-13-15(2)9-10-19(18)28-6;/h9-10,13,16H,7-8,11-12,14H2,1-6H3,(H2,22,23,24);1H. The Hall–Kier alpha value is -1.88. The Kier molecular flexibility index (Phi) is 11.7. The summed E-state index contributed by atoms with van der Waals surface area (Å²) in [6.07, 6.45) is 0.903. The van der Waals surface area contributed by atoms with Crippen molar-refractivity contribution in [3.63, 3.8) is 0 Å². The van der Waals surface area contributed by atoms with Gasteiger partial charge in [0, 0.05) is 32.4 Å². The largest absolute Gasteiger partial charge is 0.496 e. The summed E-state index contributed by atoms with van der Waals surface area (Å²) in [5.41, 5.74) is 2.28. The molecule has 1 aromatic heterocycles. The van der Waals surface area contributed by atoms with Crippen LogP contribution in [0, 0.1) is 13.8 Å². The van der Waals surface area contributed by atoms with Gasteiger partial charge >= 0.3 is 0 Å². The molecule has 1 unspecified atom stereocenters. The molecule has 0 radical (unpaired) electrons. The van der Waals surface area contributed by atoms with Gasteiger partial charge in [0.05, 0.1) is 13.2 Å². The third kappa shape index (κ3) is 7.75. The number of nitrogens with one attached hydrogen (secondary N) is 2. The molecule has 0 bridgehead atoms. The average molecular weight is 530 g/mol. The highest BCUT2D eigenvalue weighted by Gasteiger charge is 2.14. The summed E-state index contributed by atoms with van der Waals surface area (Å²) in [6, 6.07) is 6.20. The molecule has 9 heteroatoms. The normalized spacial score (nSPS) is 12.3. The van der Waals surface area contributed by atoms with E-state index in [1.807, 2.05) is 37.6 Å². The lowest BCUT2D eigenvalue weighted by molar-refractivity contribution is 0.145. The first-order valence-electron chi connectivity index (χ1n) is 10.1. The Labute approximate surface area is 196 Å². The maximum absolute atomic E-state index is 5.54. The summed E-state index contributed by atoms with van der Waals surface area (Å²) in [5, 5.41) is 15.2. The summed E-state index contributed by atoms with van der Waals surface area (Å²) in [7, 11) is 3.64. The van der Waals surface area contributed by atoms with Crippen LogP contribution in [-0.4, -0.2) is 47.6 Å². The number of aliphatic imine (C=N–C) groups is 1. The van der Waals surface area contributed by atoms with Crippen LogP contribution in [0.1, 0.15) is 49.1 Å². The molecule has 0 aliphatic rings. The van der Waals surface area contributed by atoms with Crippen molar-refractivity contribution in [3.8, 4) is 5.75 Å². The minimum atomic E-state index is 0. The van der Waals surface area contributed by atoms with Crippen molar-refractivity contribution in [2.45, 2.75) is 46.7 Å².